The van der Waals surface area contributed by atoms with E-state index >= 15 is 0 Å². The van der Waals surface area contributed by atoms with Crippen LogP contribution in [0.5, 0.6) is 0 Å². The summed E-state index contributed by atoms with van der Waals surface area (Å²) in [6, 6.07) is 1.64. The second kappa shape index (κ2) is 3.38. The third-order valence-electron chi connectivity index (χ3n) is 1.65. The average Bonchev–Trinajstić information content (AvgIpc) is 2.34. The summed E-state index contributed by atoms with van der Waals surface area (Å²) < 4.78 is 1.75. The minimum Gasteiger partial charge on any atom is -0.269 e. The summed E-state index contributed by atoms with van der Waals surface area (Å²) in [5, 5.41) is 3.98. The maximum Gasteiger partial charge on any atom is 0.290 e. The number of aromatic nitrogens is 2. The average molecular weight is 166 g/mol. The van der Waals surface area contributed by atoms with Crippen LogP contribution in [-0.4, -0.2) is 15.7 Å². The Morgan fingerprint density at radius 3 is 2.83 bits per heavy atom. The zero-order valence-electron chi connectivity index (χ0n) is 7.29. The fourth-order valence-electron chi connectivity index (χ4n) is 1.06. The number of hydrogen-bond donors (Lipinski definition) is 0. The molecule has 0 atom stereocenters. The molecule has 1 amide bonds. The molecular weight excluding hydrogens is 154 g/mol. The summed E-state index contributed by atoms with van der Waals surface area (Å²) in [7, 11) is 0. The van der Waals surface area contributed by atoms with Crippen LogP contribution < -0.4 is 5.73 Å². The van der Waals surface area contributed by atoms with Crippen LogP contribution in [0.2, 0.25) is 0 Å². The van der Waals surface area contributed by atoms with Crippen molar-refractivity contribution in [1.82, 2.24) is 15.5 Å². The molecule has 4 heteroatoms. The first kappa shape index (κ1) is 8.77. The van der Waals surface area contributed by atoms with Crippen molar-refractivity contribution in [2.24, 2.45) is 0 Å². The Balaban J connectivity index is 2.92. The van der Waals surface area contributed by atoms with Crippen LogP contribution in [0.3, 0.4) is 0 Å². The molecule has 4 nitrogen and oxygen atoms in total. The number of hydrogen-bond acceptors (Lipinski definition) is 2. The summed E-state index contributed by atoms with van der Waals surface area (Å²) in [5.74, 6) is -0.715. The van der Waals surface area contributed by atoms with Crippen molar-refractivity contribution in [2.45, 2.75) is 26.8 Å². The molecule has 0 bridgehead atoms. The molecule has 0 aliphatic carbocycles. The van der Waals surface area contributed by atoms with E-state index < -0.39 is 5.91 Å². The molecule has 1 aromatic rings. The highest BCUT2D eigenvalue weighted by Gasteiger charge is 2.07. The summed E-state index contributed by atoms with van der Waals surface area (Å²) in [6.07, 6.45) is 0.980. The molecule has 12 heavy (non-hydrogen) atoms. The first-order valence-electron chi connectivity index (χ1n) is 3.95. The number of rotatable bonds is 3. The highest BCUT2D eigenvalue weighted by molar-refractivity contribution is 5.90. The minimum absolute atomic E-state index is 0.237. The molecule has 0 aliphatic rings. The van der Waals surface area contributed by atoms with Crippen molar-refractivity contribution in [3.05, 3.63) is 17.5 Å². The quantitative estimate of drug-likeness (QED) is 0.673. The van der Waals surface area contributed by atoms with Crippen LogP contribution in [0.25, 0.3) is 0 Å². The Labute approximate surface area is 71.4 Å². The van der Waals surface area contributed by atoms with Crippen LogP contribution in [0.15, 0.2) is 6.07 Å². The highest BCUT2D eigenvalue weighted by atomic mass is 16.1. The standard InChI is InChI=1S/C8H12N3O/c1-3-4-11-6(2)5-7(10-11)8(9)12/h5,9H,3-4H2,1-2H3. The van der Waals surface area contributed by atoms with Gasteiger partial charge in [0, 0.05) is 12.2 Å². The maximum absolute atomic E-state index is 10.6. The molecule has 1 heterocycles. The first-order chi connectivity index (χ1) is 5.65. The van der Waals surface area contributed by atoms with Gasteiger partial charge in [-0.1, -0.05) is 6.92 Å². The number of amides is 1. The lowest BCUT2D eigenvalue weighted by Gasteiger charge is -1.98. The number of nitrogens with one attached hydrogen (secondary N) is 1. The molecule has 0 aromatic carbocycles. The third-order valence-corrected chi connectivity index (χ3v) is 1.65. The van der Waals surface area contributed by atoms with Gasteiger partial charge in [-0.25, -0.2) is 0 Å². The molecule has 1 N–H and O–H groups in total. The molecule has 1 aromatic heterocycles. The zero-order chi connectivity index (χ0) is 9.14. The zero-order valence-corrected chi connectivity index (χ0v) is 7.29. The van der Waals surface area contributed by atoms with Gasteiger partial charge in [0.2, 0.25) is 0 Å². The summed E-state index contributed by atoms with van der Waals surface area (Å²) in [4.78, 5) is 10.6. The van der Waals surface area contributed by atoms with E-state index in [0.29, 0.717) is 0 Å². The molecule has 0 spiro atoms. The molecule has 1 rings (SSSR count). The van der Waals surface area contributed by atoms with Crippen LogP contribution in [0, 0.1) is 6.92 Å². The maximum atomic E-state index is 10.6. The largest absolute Gasteiger partial charge is 0.290 e. The Morgan fingerprint density at radius 2 is 2.42 bits per heavy atom. The molecule has 0 saturated carbocycles. The third kappa shape index (κ3) is 1.64. The van der Waals surface area contributed by atoms with Gasteiger partial charge in [0.05, 0.1) is 0 Å². The molecule has 0 aliphatic heterocycles. The van der Waals surface area contributed by atoms with Gasteiger partial charge < -0.3 is 0 Å². The van der Waals surface area contributed by atoms with Crippen molar-refractivity contribution in [1.29, 1.82) is 0 Å². The lowest BCUT2D eigenvalue weighted by molar-refractivity contribution is 0.0986. The van der Waals surface area contributed by atoms with Crippen LogP contribution >= 0.6 is 0 Å². The monoisotopic (exact) mass is 166 g/mol. The predicted molar refractivity (Wildman–Crippen MR) is 44.7 cm³/mol. The summed E-state index contributed by atoms with van der Waals surface area (Å²) >= 11 is 0. The van der Waals surface area contributed by atoms with Crippen LogP contribution in [0.1, 0.15) is 29.5 Å². The van der Waals surface area contributed by atoms with Gasteiger partial charge in [-0.05, 0) is 19.4 Å². The number of nitrogens with zero attached hydrogens (tertiary/aromatic N) is 2. The SMILES string of the molecule is CCCn1nc(C([NH])=O)cc1C. The lowest BCUT2D eigenvalue weighted by Crippen LogP contribution is -2.04. The smallest absolute Gasteiger partial charge is 0.269 e. The Morgan fingerprint density at radius 1 is 1.75 bits per heavy atom. The molecule has 0 unspecified atom stereocenters. The number of carbonyl (C=O) groups excluding carboxylic acids is 1. The van der Waals surface area contributed by atoms with E-state index in [2.05, 4.69) is 5.10 Å². The Hall–Kier alpha value is -1.32. The fraction of sp³-hybridized carbons (Fsp3) is 0.500. The van der Waals surface area contributed by atoms with Gasteiger partial charge in [0.15, 0.2) is 5.69 Å². The summed E-state index contributed by atoms with van der Waals surface area (Å²) in [5.41, 5.74) is 8.02. The first-order valence-corrected chi connectivity index (χ1v) is 3.95. The van der Waals surface area contributed by atoms with E-state index in [1.807, 2.05) is 13.8 Å². The van der Waals surface area contributed by atoms with Gasteiger partial charge in [-0.15, -0.1) is 0 Å². The van der Waals surface area contributed by atoms with Crippen LogP contribution in [-0.2, 0) is 6.54 Å². The molecule has 1 radical (unpaired) electrons. The van der Waals surface area contributed by atoms with Crippen LogP contribution in [0.4, 0.5) is 0 Å². The molecule has 0 fully saturated rings. The highest BCUT2D eigenvalue weighted by Crippen LogP contribution is 2.03. The van der Waals surface area contributed by atoms with Crippen molar-refractivity contribution < 1.29 is 4.79 Å². The second-order valence-electron chi connectivity index (χ2n) is 2.72. The van der Waals surface area contributed by atoms with Crippen molar-refractivity contribution in [3.63, 3.8) is 0 Å². The molecule has 65 valence electrons. The van der Waals surface area contributed by atoms with E-state index in [9.17, 15) is 4.79 Å². The molecule has 0 saturated heterocycles. The number of carbonyl (C=O) groups is 1. The van der Waals surface area contributed by atoms with E-state index in [4.69, 9.17) is 5.73 Å². The topological polar surface area (TPSA) is 58.7 Å². The minimum atomic E-state index is -0.715. The Bertz CT molecular complexity index is 290. The second-order valence-corrected chi connectivity index (χ2v) is 2.72. The Kier molecular flexibility index (Phi) is 2.47. The van der Waals surface area contributed by atoms with Crippen molar-refractivity contribution >= 4 is 5.91 Å². The molecular formula is C8H12N3O. The van der Waals surface area contributed by atoms with E-state index in [-0.39, 0.29) is 5.69 Å². The van der Waals surface area contributed by atoms with E-state index in [1.165, 1.54) is 0 Å². The predicted octanol–water partition coefficient (Wildman–Crippen LogP) is 1.02. The normalized spacial score (nSPS) is 10.2. The van der Waals surface area contributed by atoms with Gasteiger partial charge in [-0.2, -0.15) is 5.10 Å². The van der Waals surface area contributed by atoms with E-state index in [1.54, 1.807) is 10.7 Å². The fourth-order valence-corrected chi connectivity index (χ4v) is 1.06. The van der Waals surface area contributed by atoms with Gasteiger partial charge >= 0.3 is 0 Å². The van der Waals surface area contributed by atoms with Gasteiger partial charge in [0.1, 0.15) is 0 Å². The van der Waals surface area contributed by atoms with E-state index in [0.717, 1.165) is 18.7 Å². The van der Waals surface area contributed by atoms with Gasteiger partial charge in [-0.3, -0.25) is 15.2 Å². The van der Waals surface area contributed by atoms with Crippen molar-refractivity contribution in [3.8, 4) is 0 Å². The summed E-state index contributed by atoms with van der Waals surface area (Å²) in [6.45, 7) is 4.73. The lowest BCUT2D eigenvalue weighted by atomic mass is 10.3. The number of aryl methyl sites for hydroxylation is 2. The van der Waals surface area contributed by atoms with Gasteiger partial charge in [0.25, 0.3) is 5.91 Å². The van der Waals surface area contributed by atoms with Crippen molar-refractivity contribution in [2.75, 3.05) is 0 Å².